The van der Waals surface area contributed by atoms with E-state index >= 15 is 0 Å². The lowest BCUT2D eigenvalue weighted by molar-refractivity contribution is 0.332. The van der Waals surface area contributed by atoms with E-state index in [1.165, 1.54) is 101 Å². The third-order valence-electron chi connectivity index (χ3n) is 18.3. The van der Waals surface area contributed by atoms with Gasteiger partial charge in [0.2, 0.25) is 0 Å². The number of hydrogen-bond acceptors (Lipinski definition) is 3. The second kappa shape index (κ2) is 17.1. The van der Waals surface area contributed by atoms with Crippen LogP contribution >= 0.6 is 0 Å². The molecule has 8 aromatic carbocycles. The first-order valence-corrected chi connectivity index (χ1v) is 28.2. The van der Waals surface area contributed by atoms with Crippen molar-refractivity contribution in [2.24, 2.45) is 0 Å². The van der Waals surface area contributed by atoms with Crippen LogP contribution < -0.4 is 31.1 Å². The zero-order chi connectivity index (χ0) is 53.6. The molecule has 12 rings (SSSR count). The van der Waals surface area contributed by atoms with Crippen molar-refractivity contribution in [2.45, 2.75) is 156 Å². The largest absolute Gasteiger partial charge is 0.311 e. The van der Waals surface area contributed by atoms with Crippen molar-refractivity contribution < 1.29 is 0 Å². The van der Waals surface area contributed by atoms with Gasteiger partial charge >= 0.3 is 0 Å². The molecule has 0 spiro atoms. The molecule has 2 heterocycles. The first kappa shape index (κ1) is 50.1. The van der Waals surface area contributed by atoms with Gasteiger partial charge in [0.25, 0.3) is 6.71 Å². The van der Waals surface area contributed by atoms with Gasteiger partial charge in [-0.1, -0.05) is 194 Å². The molecule has 0 N–H and O–H groups in total. The molecule has 76 heavy (non-hydrogen) atoms. The fourth-order valence-electron chi connectivity index (χ4n) is 14.2. The van der Waals surface area contributed by atoms with E-state index in [2.05, 4.69) is 282 Å². The smallest absolute Gasteiger partial charge is 0.252 e. The monoisotopic (exact) mass is 996 g/mol. The molecule has 0 bridgehead atoms. The van der Waals surface area contributed by atoms with Crippen molar-refractivity contribution in [1.29, 1.82) is 0 Å². The summed E-state index contributed by atoms with van der Waals surface area (Å²) in [5.41, 5.74) is 27.1. The Balaban J connectivity index is 1.28. The molecule has 4 aliphatic rings. The van der Waals surface area contributed by atoms with E-state index < -0.39 is 0 Å². The highest BCUT2D eigenvalue weighted by Gasteiger charge is 2.49. The van der Waals surface area contributed by atoms with Crippen molar-refractivity contribution in [1.82, 2.24) is 0 Å². The Labute approximate surface area is 456 Å². The van der Waals surface area contributed by atoms with Crippen LogP contribution in [0.25, 0.3) is 11.1 Å². The molecule has 0 saturated heterocycles. The van der Waals surface area contributed by atoms with Crippen LogP contribution in [0.3, 0.4) is 0 Å². The number of rotatable bonds is 6. The lowest BCUT2D eigenvalue weighted by Gasteiger charge is -2.48. The highest BCUT2D eigenvalue weighted by Crippen LogP contribution is 2.56. The predicted molar refractivity (Wildman–Crippen MR) is 329 cm³/mol. The molecule has 0 fully saturated rings. The van der Waals surface area contributed by atoms with Crippen LogP contribution in [0.1, 0.15) is 155 Å². The summed E-state index contributed by atoms with van der Waals surface area (Å²) in [5.74, 6) is 0. The van der Waals surface area contributed by atoms with Crippen LogP contribution in [0, 0.1) is 6.92 Å². The average Bonchev–Trinajstić information content (AvgIpc) is 3.74. The lowest BCUT2D eigenvalue weighted by Crippen LogP contribution is -2.62. The first-order chi connectivity index (χ1) is 35.8. The molecule has 2 aliphatic carbocycles. The predicted octanol–water partition coefficient (Wildman–Crippen LogP) is 18.1. The van der Waals surface area contributed by atoms with E-state index in [-0.39, 0.29) is 39.2 Å². The zero-order valence-electron chi connectivity index (χ0n) is 48.1. The van der Waals surface area contributed by atoms with Crippen molar-refractivity contribution in [2.75, 3.05) is 14.7 Å². The molecule has 0 saturated carbocycles. The number of fused-ring (bicyclic) bond motifs is 6. The molecule has 0 amide bonds. The van der Waals surface area contributed by atoms with Crippen LogP contribution in [0.4, 0.5) is 51.2 Å². The highest BCUT2D eigenvalue weighted by molar-refractivity contribution is 7.00. The summed E-state index contributed by atoms with van der Waals surface area (Å²) < 4.78 is 0. The molecule has 0 unspecified atom stereocenters. The van der Waals surface area contributed by atoms with Crippen LogP contribution in [0.15, 0.2) is 164 Å². The van der Waals surface area contributed by atoms with Crippen molar-refractivity contribution in [3.8, 4) is 11.1 Å². The standard InChI is InChI=1S/C72H78BN3/c1-46-37-54-57(72(14,15)45-71(54,12)13)43-61(46)76-63-44-56-55(69(8,9)35-36-70(56,10)11)42-59(63)73-58-33-31-49(68(5,6)7)39-62(58)75(60-34-32-48(67(2,3)4)38-53(60)47-25-19-16-20-26-47)64-40-52(41-65(76)66(64)73)74(50-27-21-17-22-28-50)51-29-23-18-24-30-51/h16-34,37-44H,35-36,45H2,1-15H3. The molecule has 384 valence electrons. The topological polar surface area (TPSA) is 9.72 Å². The van der Waals surface area contributed by atoms with Crippen molar-refractivity contribution >= 4 is 74.3 Å². The molecule has 0 atom stereocenters. The van der Waals surface area contributed by atoms with E-state index in [0.717, 1.165) is 36.3 Å². The molecule has 4 heteroatoms. The van der Waals surface area contributed by atoms with Crippen LogP contribution in [0.2, 0.25) is 0 Å². The minimum atomic E-state index is -0.0901. The Hall–Kier alpha value is -6.78. The number of aryl methyl sites for hydroxylation is 1. The Morgan fingerprint density at radius 3 is 1.43 bits per heavy atom. The number of anilines is 9. The second-order valence-corrected chi connectivity index (χ2v) is 27.7. The number of para-hydroxylation sites is 2. The Bertz CT molecular complexity index is 3570. The minimum absolute atomic E-state index is 0.00515. The maximum Gasteiger partial charge on any atom is 0.252 e. The van der Waals surface area contributed by atoms with Crippen LogP contribution in [-0.2, 0) is 32.5 Å². The van der Waals surface area contributed by atoms with Gasteiger partial charge in [-0.25, -0.2) is 0 Å². The summed E-state index contributed by atoms with van der Waals surface area (Å²) in [6.45, 7) is 36.3. The normalized spacial score (nSPS) is 17.3. The Morgan fingerprint density at radius 2 is 0.868 bits per heavy atom. The molecule has 0 aromatic heterocycles. The quantitative estimate of drug-likeness (QED) is 0.154. The summed E-state index contributed by atoms with van der Waals surface area (Å²) in [7, 11) is 0. The summed E-state index contributed by atoms with van der Waals surface area (Å²) >= 11 is 0. The lowest BCUT2D eigenvalue weighted by atomic mass is 9.33. The van der Waals surface area contributed by atoms with Crippen molar-refractivity contribution in [3.05, 3.63) is 203 Å². The summed E-state index contributed by atoms with van der Waals surface area (Å²) in [6, 6.07) is 63.6. The van der Waals surface area contributed by atoms with Gasteiger partial charge in [0, 0.05) is 45.4 Å². The van der Waals surface area contributed by atoms with Gasteiger partial charge in [-0.3, -0.25) is 0 Å². The molecule has 0 radical (unpaired) electrons. The zero-order valence-corrected chi connectivity index (χ0v) is 48.1. The first-order valence-electron chi connectivity index (χ1n) is 28.2. The maximum absolute atomic E-state index is 2.74. The highest BCUT2D eigenvalue weighted by atomic mass is 15.2. The molecule has 2 aliphatic heterocycles. The van der Waals surface area contributed by atoms with Gasteiger partial charge in [-0.15, -0.1) is 0 Å². The summed E-state index contributed by atoms with van der Waals surface area (Å²) in [4.78, 5) is 7.91. The number of benzene rings is 8. The van der Waals surface area contributed by atoms with Gasteiger partial charge in [0.15, 0.2) is 0 Å². The molecular formula is C72H78BN3. The van der Waals surface area contributed by atoms with Gasteiger partial charge in [0.05, 0.1) is 11.4 Å². The Morgan fingerprint density at radius 1 is 0.408 bits per heavy atom. The van der Waals surface area contributed by atoms with Gasteiger partial charge in [-0.2, -0.15) is 0 Å². The van der Waals surface area contributed by atoms with Crippen LogP contribution in [0.5, 0.6) is 0 Å². The Kier molecular flexibility index (Phi) is 11.3. The fraction of sp³-hybridized carbons (Fsp3) is 0.333. The van der Waals surface area contributed by atoms with E-state index in [0.29, 0.717) is 0 Å². The maximum atomic E-state index is 2.74. The SMILES string of the molecule is Cc1cc2c(cc1N1c3cc4c(cc3B3c5ccc(C(C)(C)C)cc5N(c5ccc(C(C)(C)C)cc5-c5ccccc5)c5cc(N(c6ccccc6)c6ccccc6)cc1c53)C(C)(C)CCC4(C)C)C(C)(C)CC2(C)C. The van der Waals surface area contributed by atoms with E-state index in [4.69, 9.17) is 0 Å². The van der Waals surface area contributed by atoms with E-state index in [9.17, 15) is 0 Å². The molecular weight excluding hydrogens is 918 g/mol. The fourth-order valence-corrected chi connectivity index (χ4v) is 14.2. The van der Waals surface area contributed by atoms with Gasteiger partial charge in [0.1, 0.15) is 0 Å². The van der Waals surface area contributed by atoms with Gasteiger partial charge in [-0.05, 0) is 186 Å². The van der Waals surface area contributed by atoms with Crippen molar-refractivity contribution in [3.63, 3.8) is 0 Å². The minimum Gasteiger partial charge on any atom is -0.311 e. The third-order valence-corrected chi connectivity index (χ3v) is 18.3. The van der Waals surface area contributed by atoms with Gasteiger partial charge < -0.3 is 14.7 Å². The second-order valence-electron chi connectivity index (χ2n) is 27.7. The third kappa shape index (κ3) is 7.98. The molecule has 8 aromatic rings. The summed E-state index contributed by atoms with van der Waals surface area (Å²) in [6.07, 6.45) is 3.41. The van der Waals surface area contributed by atoms with E-state index in [1.54, 1.807) is 0 Å². The number of hydrogen-bond donors (Lipinski definition) is 0. The summed E-state index contributed by atoms with van der Waals surface area (Å²) in [5, 5.41) is 0. The molecule has 3 nitrogen and oxygen atoms in total. The van der Waals surface area contributed by atoms with Crippen LogP contribution in [-0.4, -0.2) is 6.71 Å². The average molecular weight is 996 g/mol. The number of nitrogens with zero attached hydrogens (tertiary/aromatic N) is 3. The van der Waals surface area contributed by atoms with E-state index in [1.807, 2.05) is 0 Å².